The molecule has 2 aliphatic rings. The summed E-state index contributed by atoms with van der Waals surface area (Å²) in [7, 11) is 0. The van der Waals surface area contributed by atoms with Crippen LogP contribution in [0.25, 0.3) is 0 Å². The van der Waals surface area contributed by atoms with Crippen LogP contribution < -0.4 is 0 Å². The molecule has 0 aromatic carbocycles. The maximum Gasteiger partial charge on any atom is 0.156 e. The number of hydrogen-bond donors (Lipinski definition) is 1. The Morgan fingerprint density at radius 3 is 2.33 bits per heavy atom. The number of hydrogen-bond acceptors (Lipinski definition) is 2. The molecule has 0 saturated heterocycles. The minimum atomic E-state index is -0.659. The van der Waals surface area contributed by atoms with Gasteiger partial charge in [-0.05, 0) is 36.3 Å². The molecule has 1 fully saturated rings. The number of aliphatic hydroxyl groups is 1. The molecule has 1 saturated carbocycles. The minimum Gasteiger partial charge on any atom is -0.386 e. The number of allylic oxidation sites excluding steroid dienone is 1. The van der Waals surface area contributed by atoms with Crippen LogP contribution in [0.15, 0.2) is 11.6 Å². The van der Waals surface area contributed by atoms with Gasteiger partial charge in [0.2, 0.25) is 0 Å². The van der Waals surface area contributed by atoms with Crippen molar-refractivity contribution in [1.29, 1.82) is 0 Å². The molecule has 2 heteroatoms. The van der Waals surface area contributed by atoms with Crippen LogP contribution >= 0.6 is 0 Å². The quantitative estimate of drug-likeness (QED) is 0.719. The van der Waals surface area contributed by atoms with Crippen molar-refractivity contribution in [3.8, 4) is 0 Å². The summed E-state index contributed by atoms with van der Waals surface area (Å²) in [5.74, 6) is 0.182. The second-order valence-corrected chi connectivity index (χ2v) is 5.89. The monoisotopic (exact) mass is 208 g/mol. The standard InChI is InChI=1S/C13H20O2/c1-12(2)8-10(7-11(14)9-12)13(15)5-3-4-6-13/h7,15H,3-6,8-9H2,1-2H3. The fraction of sp³-hybridized carbons (Fsp3) is 0.769. The van der Waals surface area contributed by atoms with Crippen molar-refractivity contribution < 1.29 is 9.90 Å². The smallest absolute Gasteiger partial charge is 0.156 e. The highest BCUT2D eigenvalue weighted by atomic mass is 16.3. The Balaban J connectivity index is 2.25. The van der Waals surface area contributed by atoms with Crippen molar-refractivity contribution in [1.82, 2.24) is 0 Å². The van der Waals surface area contributed by atoms with E-state index in [-0.39, 0.29) is 11.2 Å². The van der Waals surface area contributed by atoms with Crippen LogP contribution in [0.3, 0.4) is 0 Å². The molecule has 2 rings (SSSR count). The van der Waals surface area contributed by atoms with Gasteiger partial charge < -0.3 is 5.11 Å². The lowest BCUT2D eigenvalue weighted by Gasteiger charge is -2.35. The summed E-state index contributed by atoms with van der Waals surface area (Å²) >= 11 is 0. The van der Waals surface area contributed by atoms with Gasteiger partial charge in [-0.3, -0.25) is 4.79 Å². The zero-order valence-corrected chi connectivity index (χ0v) is 9.68. The Bertz CT molecular complexity index is 306. The van der Waals surface area contributed by atoms with Crippen LogP contribution in [-0.4, -0.2) is 16.5 Å². The Hall–Kier alpha value is -0.630. The van der Waals surface area contributed by atoms with Gasteiger partial charge in [0.25, 0.3) is 0 Å². The molecule has 0 atom stereocenters. The average Bonchev–Trinajstić information content (AvgIpc) is 2.49. The Kier molecular flexibility index (Phi) is 2.50. The minimum absolute atomic E-state index is 0.0273. The van der Waals surface area contributed by atoms with E-state index in [2.05, 4.69) is 13.8 Å². The lowest BCUT2D eigenvalue weighted by molar-refractivity contribution is -0.117. The van der Waals surface area contributed by atoms with Gasteiger partial charge in [0.15, 0.2) is 5.78 Å². The normalized spacial score (nSPS) is 29.0. The molecular weight excluding hydrogens is 188 g/mol. The number of rotatable bonds is 1. The molecule has 0 bridgehead atoms. The highest BCUT2D eigenvalue weighted by Gasteiger charge is 2.40. The Morgan fingerprint density at radius 2 is 1.80 bits per heavy atom. The first-order valence-electron chi connectivity index (χ1n) is 5.88. The summed E-state index contributed by atoms with van der Waals surface area (Å²) in [6, 6.07) is 0. The SMILES string of the molecule is CC1(C)CC(=O)C=C(C2(O)CCCC2)C1. The van der Waals surface area contributed by atoms with E-state index in [1.807, 2.05) is 0 Å². The molecule has 84 valence electrons. The third-order valence-corrected chi connectivity index (χ3v) is 3.69. The lowest BCUT2D eigenvalue weighted by Crippen LogP contribution is -2.34. The fourth-order valence-corrected chi connectivity index (χ4v) is 2.93. The molecule has 0 aliphatic heterocycles. The summed E-state index contributed by atoms with van der Waals surface area (Å²) in [6.07, 6.45) is 7.04. The van der Waals surface area contributed by atoms with E-state index < -0.39 is 5.60 Å². The van der Waals surface area contributed by atoms with Crippen molar-refractivity contribution >= 4 is 5.78 Å². The molecule has 0 aromatic rings. The van der Waals surface area contributed by atoms with Gasteiger partial charge in [0.05, 0.1) is 5.60 Å². The van der Waals surface area contributed by atoms with E-state index in [9.17, 15) is 9.90 Å². The maximum atomic E-state index is 11.6. The summed E-state index contributed by atoms with van der Waals surface area (Å²) in [5, 5.41) is 10.4. The van der Waals surface area contributed by atoms with Crippen molar-refractivity contribution in [2.45, 2.75) is 58.0 Å². The van der Waals surface area contributed by atoms with Crippen LogP contribution in [0, 0.1) is 5.41 Å². The third-order valence-electron chi connectivity index (χ3n) is 3.69. The molecule has 0 spiro atoms. The van der Waals surface area contributed by atoms with Gasteiger partial charge in [0, 0.05) is 6.42 Å². The predicted molar refractivity (Wildman–Crippen MR) is 59.5 cm³/mol. The third kappa shape index (κ3) is 2.15. The molecular formula is C13H20O2. The lowest BCUT2D eigenvalue weighted by atomic mass is 9.72. The van der Waals surface area contributed by atoms with E-state index in [1.165, 1.54) is 0 Å². The van der Waals surface area contributed by atoms with Crippen LogP contribution in [0.4, 0.5) is 0 Å². The number of carbonyl (C=O) groups excluding carboxylic acids is 1. The van der Waals surface area contributed by atoms with Gasteiger partial charge in [-0.15, -0.1) is 0 Å². The van der Waals surface area contributed by atoms with E-state index in [0.29, 0.717) is 6.42 Å². The predicted octanol–water partition coefficient (Wildman–Crippen LogP) is 2.61. The van der Waals surface area contributed by atoms with Crippen molar-refractivity contribution in [3.63, 3.8) is 0 Å². The van der Waals surface area contributed by atoms with Crippen LogP contribution in [0.2, 0.25) is 0 Å². The summed E-state index contributed by atoms with van der Waals surface area (Å²) in [4.78, 5) is 11.6. The van der Waals surface area contributed by atoms with Crippen LogP contribution in [0.5, 0.6) is 0 Å². The molecule has 0 aromatic heterocycles. The van der Waals surface area contributed by atoms with E-state index in [4.69, 9.17) is 0 Å². The Morgan fingerprint density at radius 1 is 1.20 bits per heavy atom. The summed E-state index contributed by atoms with van der Waals surface area (Å²) in [6.45, 7) is 4.21. The molecule has 0 unspecified atom stereocenters. The van der Waals surface area contributed by atoms with E-state index >= 15 is 0 Å². The van der Waals surface area contributed by atoms with Crippen molar-refractivity contribution in [3.05, 3.63) is 11.6 Å². The van der Waals surface area contributed by atoms with Gasteiger partial charge in [-0.1, -0.05) is 26.7 Å². The first-order chi connectivity index (χ1) is 6.91. The zero-order valence-electron chi connectivity index (χ0n) is 9.68. The second-order valence-electron chi connectivity index (χ2n) is 5.89. The average molecular weight is 208 g/mol. The first-order valence-corrected chi connectivity index (χ1v) is 5.88. The molecule has 0 radical (unpaired) electrons. The van der Waals surface area contributed by atoms with E-state index in [0.717, 1.165) is 37.7 Å². The maximum absolute atomic E-state index is 11.6. The van der Waals surface area contributed by atoms with Crippen LogP contribution in [-0.2, 0) is 4.79 Å². The topological polar surface area (TPSA) is 37.3 Å². The van der Waals surface area contributed by atoms with Gasteiger partial charge in [0.1, 0.15) is 0 Å². The van der Waals surface area contributed by atoms with Crippen molar-refractivity contribution in [2.75, 3.05) is 0 Å². The van der Waals surface area contributed by atoms with Gasteiger partial charge in [-0.2, -0.15) is 0 Å². The molecule has 15 heavy (non-hydrogen) atoms. The molecule has 0 amide bonds. The van der Waals surface area contributed by atoms with Crippen molar-refractivity contribution in [2.24, 2.45) is 5.41 Å². The van der Waals surface area contributed by atoms with Gasteiger partial charge in [-0.25, -0.2) is 0 Å². The van der Waals surface area contributed by atoms with Gasteiger partial charge >= 0.3 is 0 Å². The number of carbonyl (C=O) groups is 1. The highest BCUT2D eigenvalue weighted by molar-refractivity contribution is 5.92. The summed E-state index contributed by atoms with van der Waals surface area (Å²) < 4.78 is 0. The van der Waals surface area contributed by atoms with E-state index in [1.54, 1.807) is 6.08 Å². The van der Waals surface area contributed by atoms with Crippen LogP contribution in [0.1, 0.15) is 52.4 Å². The molecule has 1 N–H and O–H groups in total. The number of ketones is 1. The second kappa shape index (κ2) is 3.44. The summed E-state index contributed by atoms with van der Waals surface area (Å²) in [5.41, 5.74) is 0.355. The molecule has 2 aliphatic carbocycles. The first kappa shape index (κ1) is 10.9. The molecule has 0 heterocycles. The molecule has 2 nitrogen and oxygen atoms in total. The zero-order chi connectivity index (χ0) is 11.1. The fourth-order valence-electron chi connectivity index (χ4n) is 2.93. The largest absolute Gasteiger partial charge is 0.386 e. The highest BCUT2D eigenvalue weighted by Crippen LogP contribution is 2.44. The Labute approximate surface area is 91.4 Å².